The molecule has 28 heavy (non-hydrogen) atoms. The molecule has 0 saturated carbocycles. The summed E-state index contributed by atoms with van der Waals surface area (Å²) in [6, 6.07) is 14.5. The third-order valence-corrected chi connectivity index (χ3v) is 5.05. The van der Waals surface area contributed by atoms with Crippen LogP contribution in [-0.2, 0) is 0 Å². The number of para-hydroxylation sites is 1. The normalized spacial score (nSPS) is 15.7. The van der Waals surface area contributed by atoms with Gasteiger partial charge >= 0.3 is 5.63 Å². The Morgan fingerprint density at radius 3 is 2.82 bits per heavy atom. The number of nitrogens with two attached hydrogens (primary N) is 1. The van der Waals surface area contributed by atoms with Crippen LogP contribution in [0, 0.1) is 11.3 Å². The summed E-state index contributed by atoms with van der Waals surface area (Å²) >= 11 is 3.45. The number of fused-ring (bicyclic) bond motifs is 3. The molecule has 140 valence electrons. The van der Waals surface area contributed by atoms with Gasteiger partial charge in [0, 0.05) is 10.0 Å². The summed E-state index contributed by atoms with van der Waals surface area (Å²) in [6.45, 7) is 2.29. The van der Waals surface area contributed by atoms with Gasteiger partial charge in [0.1, 0.15) is 23.0 Å². The number of hydrogen-bond donors (Lipinski definition) is 1. The van der Waals surface area contributed by atoms with E-state index in [0.717, 1.165) is 4.47 Å². The Bertz CT molecular complexity index is 1220. The highest BCUT2D eigenvalue weighted by molar-refractivity contribution is 9.10. The van der Waals surface area contributed by atoms with Crippen LogP contribution in [-0.4, -0.2) is 6.61 Å². The lowest BCUT2D eigenvalue weighted by Gasteiger charge is -2.27. The maximum absolute atomic E-state index is 12.9. The van der Waals surface area contributed by atoms with Crippen LogP contribution in [0.15, 0.2) is 67.6 Å². The molecule has 0 bridgehead atoms. The number of rotatable bonds is 3. The molecule has 0 aliphatic carbocycles. The maximum atomic E-state index is 12.9. The van der Waals surface area contributed by atoms with Crippen LogP contribution in [0.1, 0.15) is 24.0 Å². The summed E-state index contributed by atoms with van der Waals surface area (Å²) in [5, 5.41) is 10.4. The maximum Gasteiger partial charge on any atom is 0.344 e. The van der Waals surface area contributed by atoms with E-state index in [9.17, 15) is 10.1 Å². The van der Waals surface area contributed by atoms with Crippen LogP contribution >= 0.6 is 15.9 Å². The Balaban J connectivity index is 2.09. The Hall–Kier alpha value is -3.24. The van der Waals surface area contributed by atoms with Crippen LogP contribution in [0.4, 0.5) is 0 Å². The van der Waals surface area contributed by atoms with E-state index in [2.05, 4.69) is 22.0 Å². The number of benzene rings is 2. The van der Waals surface area contributed by atoms with Crippen LogP contribution in [0.3, 0.4) is 0 Å². The standard InChI is InChI=1S/C21H15BrN2O4/c1-2-26-15-8-7-11(22)9-13(15)17-14(10-23)20(24)28-19-12-5-3-4-6-16(12)27-21(25)18(17)19/h3-9,17H,2,24H2,1H3/t17-/m0/s1. The molecule has 3 aromatic rings. The van der Waals surface area contributed by atoms with Crippen LogP contribution < -0.4 is 20.8 Å². The smallest absolute Gasteiger partial charge is 0.344 e. The van der Waals surface area contributed by atoms with Crippen molar-refractivity contribution in [3.63, 3.8) is 0 Å². The molecule has 0 saturated heterocycles. The number of ether oxygens (including phenoxy) is 2. The molecule has 6 nitrogen and oxygen atoms in total. The summed E-state index contributed by atoms with van der Waals surface area (Å²) in [5.74, 6) is 0.0410. The van der Waals surface area contributed by atoms with Crippen LogP contribution in [0.5, 0.6) is 11.5 Å². The van der Waals surface area contributed by atoms with E-state index < -0.39 is 11.5 Å². The largest absolute Gasteiger partial charge is 0.494 e. The minimum atomic E-state index is -0.770. The minimum absolute atomic E-state index is 0.0434. The lowest BCUT2D eigenvalue weighted by Crippen LogP contribution is -2.26. The SMILES string of the molecule is CCOc1ccc(Br)cc1[C@H]1C(C#N)=C(N)Oc2c1c(=O)oc1ccccc21. The molecule has 0 unspecified atom stereocenters. The third-order valence-electron chi connectivity index (χ3n) is 4.56. The van der Waals surface area contributed by atoms with Gasteiger partial charge in [-0.15, -0.1) is 0 Å². The van der Waals surface area contributed by atoms with Crippen LogP contribution in [0.25, 0.3) is 11.0 Å². The zero-order valence-electron chi connectivity index (χ0n) is 14.9. The van der Waals surface area contributed by atoms with Gasteiger partial charge in [-0.25, -0.2) is 4.79 Å². The Labute approximate surface area is 168 Å². The van der Waals surface area contributed by atoms with Gasteiger partial charge in [-0.1, -0.05) is 28.1 Å². The molecule has 0 radical (unpaired) electrons. The monoisotopic (exact) mass is 438 g/mol. The number of nitriles is 1. The molecular weight excluding hydrogens is 424 g/mol. The highest BCUT2D eigenvalue weighted by atomic mass is 79.9. The Morgan fingerprint density at radius 1 is 1.29 bits per heavy atom. The highest BCUT2D eigenvalue weighted by Crippen LogP contribution is 2.46. The van der Waals surface area contributed by atoms with Gasteiger partial charge in [-0.2, -0.15) is 5.26 Å². The van der Waals surface area contributed by atoms with Gasteiger partial charge in [-0.3, -0.25) is 0 Å². The number of halogens is 1. The molecule has 2 N–H and O–H groups in total. The van der Waals surface area contributed by atoms with Crippen molar-refractivity contribution in [2.75, 3.05) is 6.61 Å². The fourth-order valence-corrected chi connectivity index (χ4v) is 3.79. The van der Waals surface area contributed by atoms with E-state index in [0.29, 0.717) is 34.6 Å². The van der Waals surface area contributed by atoms with E-state index in [-0.39, 0.29) is 17.0 Å². The van der Waals surface area contributed by atoms with E-state index in [1.165, 1.54) is 0 Å². The van der Waals surface area contributed by atoms with Crippen molar-refractivity contribution in [1.29, 1.82) is 5.26 Å². The van der Waals surface area contributed by atoms with Crippen molar-refractivity contribution in [2.24, 2.45) is 5.73 Å². The Kier molecular flexibility index (Phi) is 4.57. The van der Waals surface area contributed by atoms with Gasteiger partial charge in [-0.05, 0) is 37.3 Å². The number of hydrogen-bond acceptors (Lipinski definition) is 6. The van der Waals surface area contributed by atoms with Crippen LogP contribution in [0.2, 0.25) is 0 Å². The summed E-state index contributed by atoms with van der Waals surface area (Å²) < 4.78 is 17.8. The van der Waals surface area contributed by atoms with Gasteiger partial charge in [0.25, 0.3) is 0 Å². The summed E-state index contributed by atoms with van der Waals surface area (Å²) in [7, 11) is 0. The second-order valence-electron chi connectivity index (χ2n) is 6.17. The summed E-state index contributed by atoms with van der Waals surface area (Å²) in [6.07, 6.45) is 0. The third kappa shape index (κ3) is 2.83. The topological polar surface area (TPSA) is 98.5 Å². The molecule has 7 heteroatoms. The minimum Gasteiger partial charge on any atom is -0.494 e. The lowest BCUT2D eigenvalue weighted by atomic mass is 9.83. The van der Waals surface area contributed by atoms with Crippen molar-refractivity contribution in [1.82, 2.24) is 0 Å². The fourth-order valence-electron chi connectivity index (χ4n) is 3.41. The molecule has 1 aromatic heterocycles. The van der Waals surface area contributed by atoms with Crippen molar-refractivity contribution < 1.29 is 13.9 Å². The molecule has 2 aromatic carbocycles. The number of nitrogens with zero attached hydrogens (tertiary/aromatic N) is 1. The molecule has 4 rings (SSSR count). The van der Waals surface area contributed by atoms with Gasteiger partial charge in [0.15, 0.2) is 5.75 Å². The average molecular weight is 439 g/mol. The van der Waals surface area contributed by atoms with E-state index in [4.69, 9.17) is 19.6 Å². The quantitative estimate of drug-likeness (QED) is 0.615. The lowest BCUT2D eigenvalue weighted by molar-refractivity contribution is 0.334. The summed E-state index contributed by atoms with van der Waals surface area (Å²) in [4.78, 5) is 12.9. The molecule has 1 atom stereocenters. The second-order valence-corrected chi connectivity index (χ2v) is 7.08. The van der Waals surface area contributed by atoms with E-state index >= 15 is 0 Å². The first kappa shape index (κ1) is 18.1. The molecule has 1 aliphatic rings. The first-order valence-electron chi connectivity index (χ1n) is 8.60. The molecule has 0 amide bonds. The van der Waals surface area contributed by atoms with Gasteiger partial charge in [0.2, 0.25) is 5.88 Å². The van der Waals surface area contributed by atoms with Crippen molar-refractivity contribution >= 4 is 26.9 Å². The van der Waals surface area contributed by atoms with Gasteiger partial charge < -0.3 is 19.6 Å². The van der Waals surface area contributed by atoms with E-state index in [1.54, 1.807) is 24.3 Å². The van der Waals surface area contributed by atoms with Crippen molar-refractivity contribution in [3.8, 4) is 17.6 Å². The molecule has 0 spiro atoms. The molecule has 0 fully saturated rings. The van der Waals surface area contributed by atoms with Crippen molar-refractivity contribution in [3.05, 3.63) is 79.9 Å². The number of allylic oxidation sites excluding steroid dienone is 1. The highest BCUT2D eigenvalue weighted by Gasteiger charge is 2.37. The zero-order valence-corrected chi connectivity index (χ0v) is 16.4. The Morgan fingerprint density at radius 2 is 2.07 bits per heavy atom. The summed E-state index contributed by atoms with van der Waals surface area (Å²) in [5.41, 5.74) is 6.88. The predicted octanol–water partition coefficient (Wildman–Crippen LogP) is 4.17. The fraction of sp³-hybridized carbons (Fsp3) is 0.143. The first-order chi connectivity index (χ1) is 13.5. The van der Waals surface area contributed by atoms with Gasteiger partial charge in [0.05, 0.1) is 23.5 Å². The van der Waals surface area contributed by atoms with Crippen molar-refractivity contribution in [2.45, 2.75) is 12.8 Å². The molecule has 2 heterocycles. The average Bonchev–Trinajstić information content (AvgIpc) is 2.68. The first-order valence-corrected chi connectivity index (χ1v) is 9.40. The predicted molar refractivity (Wildman–Crippen MR) is 107 cm³/mol. The molecule has 1 aliphatic heterocycles. The second kappa shape index (κ2) is 7.06. The molecular formula is C21H15BrN2O4. The zero-order chi connectivity index (χ0) is 19.8. The van der Waals surface area contributed by atoms with E-state index in [1.807, 2.05) is 25.1 Å².